The first-order valence-electron chi connectivity index (χ1n) is 5.17. The number of aryl methyl sites for hydroxylation is 1. The second-order valence-electron chi connectivity index (χ2n) is 4.40. The molecule has 2 nitrogen and oxygen atoms in total. The summed E-state index contributed by atoms with van der Waals surface area (Å²) in [5.74, 6) is 2.02. The first kappa shape index (κ1) is 8.16. The van der Waals surface area contributed by atoms with Gasteiger partial charge in [-0.2, -0.15) is 0 Å². The highest BCUT2D eigenvalue weighted by Gasteiger charge is 2.50. The summed E-state index contributed by atoms with van der Waals surface area (Å²) < 4.78 is 11.8. The van der Waals surface area contributed by atoms with Crippen molar-refractivity contribution in [2.24, 2.45) is 5.92 Å². The van der Waals surface area contributed by atoms with Gasteiger partial charge in [0.15, 0.2) is 11.5 Å². The minimum atomic E-state index is -0.394. The van der Waals surface area contributed by atoms with Crippen LogP contribution in [0, 0.1) is 12.8 Å². The Bertz CT molecular complexity index is 382. The molecule has 0 aromatic heterocycles. The van der Waals surface area contributed by atoms with Crippen molar-refractivity contribution in [2.75, 3.05) is 0 Å². The first-order valence-corrected chi connectivity index (χ1v) is 5.17. The molecule has 1 atom stereocenters. The van der Waals surface area contributed by atoms with Crippen molar-refractivity contribution in [2.45, 2.75) is 32.5 Å². The Morgan fingerprint density at radius 3 is 2.71 bits per heavy atom. The lowest BCUT2D eigenvalue weighted by Crippen LogP contribution is -2.37. The van der Waals surface area contributed by atoms with Crippen molar-refractivity contribution < 1.29 is 9.47 Å². The number of hydrogen-bond acceptors (Lipinski definition) is 2. The Hall–Kier alpha value is -1.18. The van der Waals surface area contributed by atoms with E-state index >= 15 is 0 Å². The molecule has 14 heavy (non-hydrogen) atoms. The van der Waals surface area contributed by atoms with Crippen molar-refractivity contribution in [3.63, 3.8) is 0 Å². The largest absolute Gasteiger partial charge is 0.448 e. The highest BCUT2D eigenvalue weighted by molar-refractivity contribution is 5.48. The van der Waals surface area contributed by atoms with Crippen molar-refractivity contribution in [1.82, 2.24) is 0 Å². The molecular formula is C12H14O2. The maximum atomic E-state index is 5.93. The van der Waals surface area contributed by atoms with E-state index in [1.54, 1.807) is 0 Å². The summed E-state index contributed by atoms with van der Waals surface area (Å²) in [6.07, 6.45) is 2.45. The number of rotatable bonds is 1. The fourth-order valence-corrected chi connectivity index (χ4v) is 2.05. The van der Waals surface area contributed by atoms with Gasteiger partial charge in [-0.25, -0.2) is 0 Å². The molecule has 74 valence electrons. The molecule has 2 heteroatoms. The van der Waals surface area contributed by atoms with Crippen LogP contribution in [0.4, 0.5) is 0 Å². The number of ether oxygens (including phenoxy) is 2. The molecule has 1 aromatic carbocycles. The lowest BCUT2D eigenvalue weighted by Gasteiger charge is -2.22. The number of benzene rings is 1. The SMILES string of the molecule is Cc1cccc2c1OC(C)(C1CC1)O2. The molecule has 1 saturated carbocycles. The van der Waals surface area contributed by atoms with Crippen LogP contribution in [0.5, 0.6) is 11.5 Å². The summed E-state index contributed by atoms with van der Waals surface area (Å²) in [4.78, 5) is 0. The first-order chi connectivity index (χ1) is 6.69. The molecule has 0 spiro atoms. The molecule has 0 saturated heterocycles. The lowest BCUT2D eigenvalue weighted by atomic mass is 10.2. The van der Waals surface area contributed by atoms with E-state index in [1.807, 2.05) is 19.1 Å². The van der Waals surface area contributed by atoms with Gasteiger partial charge in [-0.05, 0) is 31.4 Å². The Morgan fingerprint density at radius 2 is 2.07 bits per heavy atom. The summed E-state index contributed by atoms with van der Waals surface area (Å²) in [5.41, 5.74) is 1.16. The molecule has 1 aliphatic carbocycles. The van der Waals surface area contributed by atoms with E-state index in [0.717, 1.165) is 17.1 Å². The average molecular weight is 190 g/mol. The van der Waals surface area contributed by atoms with E-state index in [2.05, 4.69) is 13.0 Å². The van der Waals surface area contributed by atoms with Crippen LogP contribution in [0.1, 0.15) is 25.3 Å². The van der Waals surface area contributed by atoms with Gasteiger partial charge in [0.1, 0.15) is 0 Å². The molecule has 0 amide bonds. The van der Waals surface area contributed by atoms with Crippen LogP contribution < -0.4 is 9.47 Å². The van der Waals surface area contributed by atoms with Gasteiger partial charge in [0.25, 0.3) is 5.79 Å². The highest BCUT2D eigenvalue weighted by atomic mass is 16.7. The van der Waals surface area contributed by atoms with E-state index in [4.69, 9.17) is 9.47 Å². The molecule has 0 bridgehead atoms. The molecule has 1 aliphatic heterocycles. The smallest absolute Gasteiger partial charge is 0.251 e. The molecule has 0 N–H and O–H groups in total. The van der Waals surface area contributed by atoms with Gasteiger partial charge in [0, 0.05) is 12.8 Å². The quantitative estimate of drug-likeness (QED) is 0.678. The topological polar surface area (TPSA) is 18.5 Å². The Kier molecular flexibility index (Phi) is 1.42. The second-order valence-corrected chi connectivity index (χ2v) is 4.40. The third-order valence-corrected chi connectivity index (χ3v) is 3.11. The molecule has 1 aromatic rings. The van der Waals surface area contributed by atoms with Gasteiger partial charge >= 0.3 is 0 Å². The van der Waals surface area contributed by atoms with Crippen molar-refractivity contribution in [3.8, 4) is 11.5 Å². The monoisotopic (exact) mass is 190 g/mol. The van der Waals surface area contributed by atoms with Gasteiger partial charge in [-0.3, -0.25) is 0 Å². The molecule has 0 radical (unpaired) electrons. The van der Waals surface area contributed by atoms with E-state index in [-0.39, 0.29) is 0 Å². The fourth-order valence-electron chi connectivity index (χ4n) is 2.05. The standard InChI is InChI=1S/C12H14O2/c1-8-4-3-5-10-11(8)14-12(2,13-10)9-6-7-9/h3-5,9H,6-7H2,1-2H3. The lowest BCUT2D eigenvalue weighted by molar-refractivity contribution is -0.0809. The Labute approximate surface area is 83.8 Å². The van der Waals surface area contributed by atoms with Crippen molar-refractivity contribution in [1.29, 1.82) is 0 Å². The van der Waals surface area contributed by atoms with Gasteiger partial charge in [0.05, 0.1) is 0 Å². The number of fused-ring (bicyclic) bond motifs is 1. The summed E-state index contributed by atoms with van der Waals surface area (Å²) in [5, 5.41) is 0. The average Bonchev–Trinajstić information content (AvgIpc) is 2.91. The summed E-state index contributed by atoms with van der Waals surface area (Å²) in [7, 11) is 0. The Balaban J connectivity index is 2.00. The number of hydrogen-bond donors (Lipinski definition) is 0. The normalized spacial score (nSPS) is 29.3. The van der Waals surface area contributed by atoms with E-state index in [1.165, 1.54) is 12.8 Å². The van der Waals surface area contributed by atoms with Crippen LogP contribution >= 0.6 is 0 Å². The molecule has 1 fully saturated rings. The summed E-state index contributed by atoms with van der Waals surface area (Å²) >= 11 is 0. The molecular weight excluding hydrogens is 176 g/mol. The van der Waals surface area contributed by atoms with Gasteiger partial charge in [-0.15, -0.1) is 0 Å². The second kappa shape index (κ2) is 2.44. The zero-order valence-electron chi connectivity index (χ0n) is 8.54. The van der Waals surface area contributed by atoms with Gasteiger partial charge in [0.2, 0.25) is 0 Å². The van der Waals surface area contributed by atoms with E-state index in [9.17, 15) is 0 Å². The van der Waals surface area contributed by atoms with E-state index in [0.29, 0.717) is 5.92 Å². The minimum Gasteiger partial charge on any atom is -0.448 e. The minimum absolute atomic E-state index is 0.394. The van der Waals surface area contributed by atoms with Crippen LogP contribution in [-0.2, 0) is 0 Å². The molecule has 1 unspecified atom stereocenters. The maximum absolute atomic E-state index is 5.93. The van der Waals surface area contributed by atoms with Crippen LogP contribution in [0.2, 0.25) is 0 Å². The van der Waals surface area contributed by atoms with Crippen LogP contribution in [-0.4, -0.2) is 5.79 Å². The zero-order valence-corrected chi connectivity index (χ0v) is 8.54. The molecule has 2 aliphatic rings. The zero-order chi connectivity index (χ0) is 9.76. The number of para-hydroxylation sites is 1. The third kappa shape index (κ3) is 1.03. The summed E-state index contributed by atoms with van der Waals surface area (Å²) in [6.45, 7) is 4.10. The maximum Gasteiger partial charge on any atom is 0.251 e. The van der Waals surface area contributed by atoms with Crippen LogP contribution in [0.25, 0.3) is 0 Å². The van der Waals surface area contributed by atoms with Crippen molar-refractivity contribution >= 4 is 0 Å². The summed E-state index contributed by atoms with van der Waals surface area (Å²) in [6, 6.07) is 6.05. The Morgan fingerprint density at radius 1 is 1.29 bits per heavy atom. The molecule has 3 rings (SSSR count). The molecule has 1 heterocycles. The van der Waals surface area contributed by atoms with Crippen LogP contribution in [0.15, 0.2) is 18.2 Å². The van der Waals surface area contributed by atoms with Gasteiger partial charge in [-0.1, -0.05) is 12.1 Å². The van der Waals surface area contributed by atoms with Crippen LogP contribution in [0.3, 0.4) is 0 Å². The predicted octanol–water partition coefficient (Wildman–Crippen LogP) is 2.89. The van der Waals surface area contributed by atoms with Gasteiger partial charge < -0.3 is 9.47 Å². The van der Waals surface area contributed by atoms with Crippen molar-refractivity contribution in [3.05, 3.63) is 23.8 Å². The fraction of sp³-hybridized carbons (Fsp3) is 0.500. The third-order valence-electron chi connectivity index (χ3n) is 3.11. The highest BCUT2D eigenvalue weighted by Crippen LogP contribution is 2.50. The predicted molar refractivity (Wildman–Crippen MR) is 53.6 cm³/mol. The van der Waals surface area contributed by atoms with E-state index < -0.39 is 5.79 Å².